The third-order valence-corrected chi connectivity index (χ3v) is 3.62. The summed E-state index contributed by atoms with van der Waals surface area (Å²) in [5, 5.41) is 2.23. The highest BCUT2D eigenvalue weighted by atomic mass is 16.1. The fraction of sp³-hybridized carbons (Fsp3) is 0.286. The fourth-order valence-electron chi connectivity index (χ4n) is 2.57. The third kappa shape index (κ3) is 1.48. The molecule has 1 saturated carbocycles. The van der Waals surface area contributed by atoms with Gasteiger partial charge >= 0.3 is 0 Å². The van der Waals surface area contributed by atoms with Gasteiger partial charge in [0.05, 0.1) is 5.54 Å². The van der Waals surface area contributed by atoms with Crippen LogP contribution in [0.15, 0.2) is 41.7 Å². The molecule has 3 nitrogen and oxygen atoms in total. The van der Waals surface area contributed by atoms with Crippen molar-refractivity contribution in [1.29, 1.82) is 0 Å². The average Bonchev–Trinajstić information content (AvgIpc) is 2.33. The number of nitrogens with zero attached hydrogens (tertiary/aromatic N) is 2. The first kappa shape index (κ1) is 10.2. The summed E-state index contributed by atoms with van der Waals surface area (Å²) < 4.78 is 0. The Bertz CT molecular complexity index is 605. The molecule has 0 unspecified atom stereocenters. The Morgan fingerprint density at radius 2 is 2.18 bits per heavy atom. The Kier molecular flexibility index (Phi) is 2.27. The van der Waals surface area contributed by atoms with E-state index in [2.05, 4.69) is 16.0 Å². The van der Waals surface area contributed by atoms with Gasteiger partial charge in [-0.25, -0.2) is 4.79 Å². The fourth-order valence-corrected chi connectivity index (χ4v) is 2.57. The van der Waals surface area contributed by atoms with Gasteiger partial charge in [0.2, 0.25) is 6.08 Å². The number of aliphatic imine (C=N–C) groups is 1. The number of hydrogen-bond donors (Lipinski definition) is 0. The second-order valence-corrected chi connectivity index (χ2v) is 4.49. The van der Waals surface area contributed by atoms with Crippen LogP contribution in [0.4, 0.5) is 0 Å². The molecule has 1 aliphatic rings. The van der Waals surface area contributed by atoms with Crippen LogP contribution in [-0.2, 0) is 10.3 Å². The summed E-state index contributed by atoms with van der Waals surface area (Å²) in [5.41, 5.74) is 0.801. The van der Waals surface area contributed by atoms with Crippen LogP contribution in [0.1, 0.15) is 24.8 Å². The second-order valence-electron chi connectivity index (χ2n) is 4.49. The Labute approximate surface area is 99.2 Å². The zero-order valence-electron chi connectivity index (χ0n) is 9.39. The summed E-state index contributed by atoms with van der Waals surface area (Å²) >= 11 is 0. The van der Waals surface area contributed by atoms with Crippen molar-refractivity contribution in [1.82, 2.24) is 4.98 Å². The van der Waals surface area contributed by atoms with Gasteiger partial charge in [0.25, 0.3) is 0 Å². The minimum atomic E-state index is -0.331. The molecule has 0 spiro atoms. The zero-order chi connectivity index (χ0) is 11.7. The average molecular weight is 224 g/mol. The van der Waals surface area contributed by atoms with E-state index in [1.807, 2.05) is 24.4 Å². The number of aromatic nitrogens is 1. The molecule has 1 aromatic carbocycles. The van der Waals surface area contributed by atoms with Gasteiger partial charge in [0.15, 0.2) is 0 Å². The Balaban J connectivity index is 2.26. The van der Waals surface area contributed by atoms with Crippen molar-refractivity contribution in [3.8, 4) is 0 Å². The maximum absolute atomic E-state index is 10.6. The largest absolute Gasteiger partial charge is 0.264 e. The van der Waals surface area contributed by atoms with Gasteiger partial charge in [-0.1, -0.05) is 18.2 Å². The molecule has 0 bridgehead atoms. The number of hydrogen-bond acceptors (Lipinski definition) is 3. The van der Waals surface area contributed by atoms with Gasteiger partial charge in [-0.05, 0) is 36.3 Å². The van der Waals surface area contributed by atoms with Crippen molar-refractivity contribution in [2.75, 3.05) is 0 Å². The van der Waals surface area contributed by atoms with Gasteiger partial charge < -0.3 is 0 Å². The third-order valence-electron chi connectivity index (χ3n) is 3.62. The molecule has 1 fully saturated rings. The molecule has 0 aliphatic heterocycles. The molecular formula is C14H12N2O. The topological polar surface area (TPSA) is 42.3 Å². The number of isocyanates is 1. The van der Waals surface area contributed by atoms with E-state index in [9.17, 15) is 4.79 Å². The van der Waals surface area contributed by atoms with Crippen LogP contribution in [0.5, 0.6) is 0 Å². The van der Waals surface area contributed by atoms with E-state index < -0.39 is 0 Å². The van der Waals surface area contributed by atoms with Crippen LogP contribution < -0.4 is 0 Å². The molecule has 0 amide bonds. The van der Waals surface area contributed by atoms with Gasteiger partial charge in [0, 0.05) is 17.8 Å². The van der Waals surface area contributed by atoms with Crippen LogP contribution in [0, 0.1) is 0 Å². The van der Waals surface area contributed by atoms with E-state index in [1.165, 1.54) is 0 Å². The molecular weight excluding hydrogens is 212 g/mol. The minimum Gasteiger partial charge on any atom is -0.264 e. The van der Waals surface area contributed by atoms with Crippen molar-refractivity contribution in [3.05, 3.63) is 42.2 Å². The molecule has 0 saturated heterocycles. The van der Waals surface area contributed by atoms with E-state index in [0.717, 1.165) is 35.6 Å². The SMILES string of the molecule is O=C=NC1(c2cccc3cnccc23)CCC1. The van der Waals surface area contributed by atoms with Crippen LogP contribution >= 0.6 is 0 Å². The van der Waals surface area contributed by atoms with Crippen LogP contribution in [0.2, 0.25) is 0 Å². The molecule has 2 aromatic rings. The summed E-state index contributed by atoms with van der Waals surface area (Å²) in [7, 11) is 0. The summed E-state index contributed by atoms with van der Waals surface area (Å²) in [6, 6.07) is 8.08. The van der Waals surface area contributed by atoms with Gasteiger partial charge in [-0.3, -0.25) is 4.98 Å². The van der Waals surface area contributed by atoms with Gasteiger partial charge in [0.1, 0.15) is 0 Å². The van der Waals surface area contributed by atoms with Crippen LogP contribution in [0.3, 0.4) is 0 Å². The molecule has 84 valence electrons. The summed E-state index contributed by atoms with van der Waals surface area (Å²) in [6.07, 6.45) is 8.34. The number of fused-ring (bicyclic) bond motifs is 1. The van der Waals surface area contributed by atoms with Gasteiger partial charge in [-0.15, -0.1) is 0 Å². The van der Waals surface area contributed by atoms with Crippen molar-refractivity contribution >= 4 is 16.9 Å². The number of benzene rings is 1. The first-order valence-corrected chi connectivity index (χ1v) is 5.78. The molecule has 1 aliphatic carbocycles. The lowest BCUT2D eigenvalue weighted by Gasteiger charge is -2.37. The number of rotatable bonds is 2. The highest BCUT2D eigenvalue weighted by Crippen LogP contribution is 2.46. The van der Waals surface area contributed by atoms with E-state index in [0.29, 0.717) is 0 Å². The first-order chi connectivity index (χ1) is 8.36. The molecule has 0 radical (unpaired) electrons. The molecule has 3 heteroatoms. The second kappa shape index (κ2) is 3.79. The Morgan fingerprint density at radius 3 is 2.88 bits per heavy atom. The Morgan fingerprint density at radius 1 is 1.29 bits per heavy atom. The van der Waals surface area contributed by atoms with E-state index in [4.69, 9.17) is 0 Å². The highest BCUT2D eigenvalue weighted by Gasteiger charge is 2.39. The van der Waals surface area contributed by atoms with Crippen LogP contribution in [-0.4, -0.2) is 11.1 Å². The van der Waals surface area contributed by atoms with Crippen molar-refractivity contribution in [2.24, 2.45) is 4.99 Å². The lowest BCUT2D eigenvalue weighted by molar-refractivity contribution is 0.258. The van der Waals surface area contributed by atoms with E-state index in [1.54, 1.807) is 12.3 Å². The van der Waals surface area contributed by atoms with E-state index >= 15 is 0 Å². The summed E-state index contributed by atoms with van der Waals surface area (Å²) in [6.45, 7) is 0. The lowest BCUT2D eigenvalue weighted by atomic mass is 9.71. The van der Waals surface area contributed by atoms with Crippen molar-refractivity contribution in [3.63, 3.8) is 0 Å². The Hall–Kier alpha value is -1.99. The summed E-state index contributed by atoms with van der Waals surface area (Å²) in [5.74, 6) is 0. The maximum atomic E-state index is 10.6. The van der Waals surface area contributed by atoms with Crippen LogP contribution in [0.25, 0.3) is 10.8 Å². The standard InChI is InChI=1S/C14H12N2O/c17-10-16-14(6-2-7-14)13-4-1-3-11-9-15-8-5-12(11)13/h1,3-5,8-9H,2,6-7H2. The predicted octanol–water partition coefficient (Wildman–Crippen LogP) is 2.95. The number of carbonyl (C=O) groups excluding carboxylic acids is 1. The smallest absolute Gasteiger partial charge is 0.235 e. The predicted molar refractivity (Wildman–Crippen MR) is 65.4 cm³/mol. The summed E-state index contributed by atoms with van der Waals surface area (Å²) in [4.78, 5) is 18.8. The van der Waals surface area contributed by atoms with Gasteiger partial charge in [-0.2, -0.15) is 4.99 Å². The molecule has 0 atom stereocenters. The lowest BCUT2D eigenvalue weighted by Crippen LogP contribution is -2.32. The highest BCUT2D eigenvalue weighted by molar-refractivity contribution is 5.86. The minimum absolute atomic E-state index is 0.331. The number of pyridine rings is 1. The quantitative estimate of drug-likeness (QED) is 0.581. The van der Waals surface area contributed by atoms with E-state index in [-0.39, 0.29) is 5.54 Å². The first-order valence-electron chi connectivity index (χ1n) is 5.78. The maximum Gasteiger partial charge on any atom is 0.235 e. The monoisotopic (exact) mass is 224 g/mol. The van der Waals surface area contributed by atoms with Crippen molar-refractivity contribution < 1.29 is 4.79 Å². The molecule has 1 heterocycles. The van der Waals surface area contributed by atoms with Crippen molar-refractivity contribution in [2.45, 2.75) is 24.8 Å². The molecule has 3 rings (SSSR count). The molecule has 0 N–H and O–H groups in total. The molecule has 17 heavy (non-hydrogen) atoms. The normalized spacial score (nSPS) is 17.2. The zero-order valence-corrected chi connectivity index (χ0v) is 9.39. The molecule has 1 aromatic heterocycles.